The van der Waals surface area contributed by atoms with E-state index >= 15 is 0 Å². The van der Waals surface area contributed by atoms with E-state index in [2.05, 4.69) is 5.32 Å². The number of hydrogen-bond donors (Lipinski definition) is 1. The molecule has 19 heavy (non-hydrogen) atoms. The highest BCUT2D eigenvalue weighted by molar-refractivity contribution is 8.26. The first kappa shape index (κ1) is 14.4. The smallest absolute Gasteiger partial charge is 0.307 e. The molecular weight excluding hydrogens is 319 g/mol. The van der Waals surface area contributed by atoms with Crippen molar-refractivity contribution in [1.82, 2.24) is 5.32 Å². The zero-order chi connectivity index (χ0) is 14.2. The van der Waals surface area contributed by atoms with Gasteiger partial charge in [0, 0.05) is 5.02 Å². The third kappa shape index (κ3) is 3.29. The molecule has 0 atom stereocenters. The first-order valence-corrected chi connectivity index (χ1v) is 6.49. The van der Waals surface area contributed by atoms with Crippen LogP contribution in [-0.4, -0.2) is 10.2 Å². The van der Waals surface area contributed by atoms with Crippen molar-refractivity contribution in [2.24, 2.45) is 0 Å². The topological polar surface area (TPSA) is 29.1 Å². The van der Waals surface area contributed by atoms with Crippen molar-refractivity contribution < 1.29 is 18.0 Å². The summed E-state index contributed by atoms with van der Waals surface area (Å²) in [6.07, 6.45) is -3.38. The molecule has 1 N–H and O–H groups in total. The van der Waals surface area contributed by atoms with Crippen LogP contribution in [0, 0.1) is 0 Å². The largest absolute Gasteiger partial charge is 0.416 e. The third-order valence-electron chi connectivity index (χ3n) is 2.25. The van der Waals surface area contributed by atoms with Crippen molar-refractivity contribution >= 4 is 51.9 Å². The van der Waals surface area contributed by atoms with Crippen LogP contribution in [0.1, 0.15) is 11.1 Å². The number of alkyl halides is 3. The maximum Gasteiger partial charge on any atom is 0.416 e. The lowest BCUT2D eigenvalue weighted by Gasteiger charge is -2.10. The van der Waals surface area contributed by atoms with Crippen LogP contribution in [0.25, 0.3) is 6.08 Å². The van der Waals surface area contributed by atoms with Crippen LogP contribution in [0.5, 0.6) is 0 Å². The quantitative estimate of drug-likeness (QED) is 0.629. The van der Waals surface area contributed by atoms with Crippen LogP contribution in [0.15, 0.2) is 23.1 Å². The summed E-state index contributed by atoms with van der Waals surface area (Å²) in [4.78, 5) is 11.5. The van der Waals surface area contributed by atoms with Gasteiger partial charge in [-0.3, -0.25) is 4.79 Å². The lowest BCUT2D eigenvalue weighted by Crippen LogP contribution is -2.17. The Morgan fingerprint density at radius 2 is 2.05 bits per heavy atom. The summed E-state index contributed by atoms with van der Waals surface area (Å²) in [5.41, 5.74) is -1.02. The van der Waals surface area contributed by atoms with Gasteiger partial charge >= 0.3 is 6.18 Å². The van der Waals surface area contributed by atoms with Gasteiger partial charge in [-0.15, -0.1) is 0 Å². The Labute approximate surface area is 121 Å². The predicted octanol–water partition coefficient (Wildman–Crippen LogP) is 3.85. The van der Waals surface area contributed by atoms with Crippen LogP contribution in [0.2, 0.25) is 5.02 Å². The van der Waals surface area contributed by atoms with Gasteiger partial charge in [-0.2, -0.15) is 13.2 Å². The maximum absolute atomic E-state index is 12.8. The number of rotatable bonds is 1. The molecule has 0 bridgehead atoms. The van der Waals surface area contributed by atoms with Crippen molar-refractivity contribution in [1.29, 1.82) is 0 Å². The van der Waals surface area contributed by atoms with Crippen LogP contribution < -0.4 is 5.32 Å². The SMILES string of the molecule is O=C1NC(=S)SC1=Cc1cc(Cl)ccc1C(F)(F)F. The van der Waals surface area contributed by atoms with E-state index in [1.165, 1.54) is 0 Å². The zero-order valence-corrected chi connectivity index (χ0v) is 11.4. The van der Waals surface area contributed by atoms with Gasteiger partial charge in [0.15, 0.2) is 0 Å². The summed E-state index contributed by atoms with van der Waals surface area (Å²) < 4.78 is 38.7. The number of carbonyl (C=O) groups excluding carboxylic acids is 1. The molecule has 1 aliphatic heterocycles. The predicted molar refractivity (Wildman–Crippen MR) is 72.8 cm³/mol. The number of carbonyl (C=O) groups is 1. The molecule has 1 fully saturated rings. The van der Waals surface area contributed by atoms with E-state index in [1.807, 2.05) is 0 Å². The van der Waals surface area contributed by atoms with Gasteiger partial charge in [-0.25, -0.2) is 0 Å². The Kier molecular flexibility index (Phi) is 3.89. The number of benzene rings is 1. The summed E-state index contributed by atoms with van der Waals surface area (Å²) >= 11 is 11.4. The minimum atomic E-state index is -4.52. The zero-order valence-electron chi connectivity index (χ0n) is 9.05. The minimum absolute atomic E-state index is 0.109. The Bertz CT molecular complexity index is 598. The van der Waals surface area contributed by atoms with Crippen LogP contribution in [-0.2, 0) is 11.0 Å². The first-order chi connectivity index (χ1) is 8.77. The first-order valence-electron chi connectivity index (χ1n) is 4.89. The van der Waals surface area contributed by atoms with Crippen molar-refractivity contribution in [3.63, 3.8) is 0 Å². The lowest BCUT2D eigenvalue weighted by molar-refractivity contribution is -0.137. The minimum Gasteiger partial charge on any atom is -0.307 e. The molecule has 0 unspecified atom stereocenters. The molecular formula is C11H5ClF3NOS2. The number of hydrogen-bond acceptors (Lipinski definition) is 3. The summed E-state index contributed by atoms with van der Waals surface area (Å²) in [6, 6.07) is 3.19. The second kappa shape index (κ2) is 5.15. The Morgan fingerprint density at radius 3 is 2.58 bits per heavy atom. The maximum atomic E-state index is 12.8. The van der Waals surface area contributed by atoms with Crippen LogP contribution in [0.3, 0.4) is 0 Å². The number of amides is 1. The Hall–Kier alpha value is -1.05. The molecule has 0 aliphatic carbocycles. The normalized spacial score (nSPS) is 18.0. The standard InChI is InChI=1S/C11H5ClF3NOS2/c12-6-1-2-7(11(13,14)15)5(3-6)4-8-9(17)16-10(18)19-8/h1-4H,(H,16,17,18). The summed E-state index contributed by atoms with van der Waals surface area (Å²) in [6.45, 7) is 0. The number of thiocarbonyl (C=S) groups is 1. The fourth-order valence-electron chi connectivity index (χ4n) is 1.47. The van der Waals surface area contributed by atoms with Crippen molar-refractivity contribution in [2.45, 2.75) is 6.18 Å². The van der Waals surface area contributed by atoms with Gasteiger partial charge in [0.1, 0.15) is 4.32 Å². The summed E-state index contributed by atoms with van der Waals surface area (Å²) in [7, 11) is 0. The van der Waals surface area contributed by atoms with E-state index in [9.17, 15) is 18.0 Å². The van der Waals surface area contributed by atoms with Gasteiger partial charge in [0.25, 0.3) is 5.91 Å². The molecule has 0 saturated carbocycles. The molecule has 8 heteroatoms. The molecule has 1 aromatic carbocycles. The molecule has 1 aromatic rings. The highest BCUT2D eigenvalue weighted by Gasteiger charge is 2.33. The van der Waals surface area contributed by atoms with Crippen LogP contribution in [0.4, 0.5) is 13.2 Å². The van der Waals surface area contributed by atoms with E-state index in [4.69, 9.17) is 23.8 Å². The number of halogens is 4. The fourth-order valence-corrected chi connectivity index (χ4v) is 2.69. The van der Waals surface area contributed by atoms with Crippen LogP contribution >= 0.6 is 35.6 Å². The van der Waals surface area contributed by atoms with E-state index < -0.39 is 17.6 Å². The molecule has 1 saturated heterocycles. The highest BCUT2D eigenvalue weighted by Crippen LogP contribution is 2.36. The van der Waals surface area contributed by atoms with E-state index in [-0.39, 0.29) is 19.8 Å². The van der Waals surface area contributed by atoms with Gasteiger partial charge in [-0.05, 0) is 29.8 Å². The van der Waals surface area contributed by atoms with Gasteiger partial charge in [0.05, 0.1) is 10.5 Å². The van der Waals surface area contributed by atoms with Gasteiger partial charge < -0.3 is 5.32 Å². The Balaban J connectivity index is 2.50. The third-order valence-corrected chi connectivity index (χ3v) is 3.65. The second-order valence-electron chi connectivity index (χ2n) is 3.58. The monoisotopic (exact) mass is 323 g/mol. The van der Waals surface area contributed by atoms with E-state index in [0.717, 1.165) is 36.0 Å². The second-order valence-corrected chi connectivity index (χ2v) is 5.74. The molecule has 0 radical (unpaired) electrons. The number of nitrogens with one attached hydrogen (secondary N) is 1. The molecule has 0 aromatic heterocycles. The molecule has 1 amide bonds. The van der Waals surface area contributed by atoms with Crippen molar-refractivity contribution in [2.75, 3.05) is 0 Å². The fraction of sp³-hybridized carbons (Fsp3) is 0.0909. The van der Waals surface area contributed by atoms with E-state index in [1.54, 1.807) is 0 Å². The molecule has 1 heterocycles. The van der Waals surface area contributed by atoms with Crippen molar-refractivity contribution in [3.05, 3.63) is 39.3 Å². The lowest BCUT2D eigenvalue weighted by atomic mass is 10.1. The average molecular weight is 324 g/mol. The van der Waals surface area contributed by atoms with Gasteiger partial charge in [-0.1, -0.05) is 35.6 Å². The van der Waals surface area contributed by atoms with E-state index in [0.29, 0.717) is 0 Å². The highest BCUT2D eigenvalue weighted by atomic mass is 35.5. The summed E-state index contributed by atoms with van der Waals surface area (Å²) in [5, 5.41) is 2.49. The van der Waals surface area contributed by atoms with Gasteiger partial charge in [0.2, 0.25) is 0 Å². The number of thioether (sulfide) groups is 1. The molecule has 0 spiro atoms. The molecule has 1 aliphatic rings. The van der Waals surface area contributed by atoms with Crippen molar-refractivity contribution in [3.8, 4) is 0 Å². The molecule has 2 rings (SSSR count). The average Bonchev–Trinajstić information content (AvgIpc) is 2.55. The Morgan fingerprint density at radius 1 is 1.37 bits per heavy atom. The summed E-state index contributed by atoms with van der Waals surface area (Å²) in [5.74, 6) is -0.511. The molecule has 100 valence electrons. The molecule has 2 nitrogen and oxygen atoms in total.